The lowest BCUT2D eigenvalue weighted by Gasteiger charge is -2.33. The third-order valence-electron chi connectivity index (χ3n) is 5.08. The molecule has 0 saturated heterocycles. The molecule has 1 aromatic carbocycles. The molecule has 1 amide bonds. The van der Waals surface area contributed by atoms with Gasteiger partial charge in [-0.2, -0.15) is 0 Å². The normalized spacial score (nSPS) is 13.2. The number of hydrogen-bond donors (Lipinski definition) is 0. The smallest absolute Gasteiger partial charge is 0.290 e. The van der Waals surface area contributed by atoms with Crippen LogP contribution < -0.4 is 4.74 Å². The number of hydrogen-bond acceptors (Lipinski definition) is 3. The summed E-state index contributed by atoms with van der Waals surface area (Å²) in [5.74, 6) is 1.80. The van der Waals surface area contributed by atoms with Crippen molar-refractivity contribution in [2.75, 3.05) is 0 Å². The molecule has 4 nitrogen and oxygen atoms in total. The largest absolute Gasteiger partial charge is 0.486 e. The maximum Gasteiger partial charge on any atom is 0.290 e. The standard InChI is InChI=1S/C23H33NO3/c1-6-9-19-10-12-20(13-11-19)26-16-21-14-15-22(27-21)23(25)24(17(4)7-2)18(5)8-3/h10-15,17-18H,6-9,16H2,1-5H3. The first-order chi connectivity index (χ1) is 13.0. The van der Waals surface area contributed by atoms with Gasteiger partial charge in [0.25, 0.3) is 5.91 Å². The van der Waals surface area contributed by atoms with Crippen molar-refractivity contribution < 1.29 is 13.9 Å². The van der Waals surface area contributed by atoms with Crippen LogP contribution in [0.1, 0.15) is 75.8 Å². The van der Waals surface area contributed by atoms with Crippen molar-refractivity contribution in [3.63, 3.8) is 0 Å². The second kappa shape index (κ2) is 10.2. The lowest BCUT2D eigenvalue weighted by molar-refractivity contribution is 0.0561. The summed E-state index contributed by atoms with van der Waals surface area (Å²) in [6.07, 6.45) is 4.04. The number of furan rings is 1. The van der Waals surface area contributed by atoms with Crippen LogP contribution in [0.15, 0.2) is 40.8 Å². The van der Waals surface area contributed by atoms with E-state index in [4.69, 9.17) is 9.15 Å². The van der Waals surface area contributed by atoms with Gasteiger partial charge in [0, 0.05) is 12.1 Å². The first-order valence-corrected chi connectivity index (χ1v) is 10.1. The second-order valence-electron chi connectivity index (χ2n) is 7.18. The number of nitrogens with zero attached hydrogens (tertiary/aromatic N) is 1. The fraction of sp³-hybridized carbons (Fsp3) is 0.522. The van der Waals surface area contributed by atoms with Crippen LogP contribution in [0, 0.1) is 0 Å². The predicted octanol–water partition coefficient (Wildman–Crippen LogP) is 5.85. The lowest BCUT2D eigenvalue weighted by atomic mass is 10.1. The van der Waals surface area contributed by atoms with Crippen LogP contribution >= 0.6 is 0 Å². The van der Waals surface area contributed by atoms with Crippen molar-refractivity contribution >= 4 is 5.91 Å². The molecule has 27 heavy (non-hydrogen) atoms. The van der Waals surface area contributed by atoms with Crippen LogP contribution in [0.3, 0.4) is 0 Å². The molecule has 0 aliphatic heterocycles. The molecule has 0 bridgehead atoms. The van der Waals surface area contributed by atoms with E-state index in [1.807, 2.05) is 23.1 Å². The molecule has 2 unspecified atom stereocenters. The number of carbonyl (C=O) groups is 1. The number of aryl methyl sites for hydroxylation is 1. The summed E-state index contributed by atoms with van der Waals surface area (Å²) in [5, 5.41) is 0. The van der Waals surface area contributed by atoms with Gasteiger partial charge in [-0.25, -0.2) is 0 Å². The molecule has 0 aliphatic rings. The highest BCUT2D eigenvalue weighted by molar-refractivity contribution is 5.92. The summed E-state index contributed by atoms with van der Waals surface area (Å²) in [6.45, 7) is 10.8. The molecular formula is C23H33NO3. The Kier molecular flexibility index (Phi) is 7.96. The number of ether oxygens (including phenoxy) is 1. The molecule has 0 saturated carbocycles. The molecule has 4 heteroatoms. The van der Waals surface area contributed by atoms with Gasteiger partial charge in [0.1, 0.15) is 18.1 Å². The van der Waals surface area contributed by atoms with E-state index in [-0.39, 0.29) is 18.0 Å². The van der Waals surface area contributed by atoms with E-state index in [2.05, 4.69) is 46.8 Å². The van der Waals surface area contributed by atoms with Gasteiger partial charge in [0.15, 0.2) is 5.76 Å². The molecule has 2 atom stereocenters. The van der Waals surface area contributed by atoms with E-state index in [0.29, 0.717) is 18.1 Å². The number of carbonyl (C=O) groups excluding carboxylic acids is 1. The summed E-state index contributed by atoms with van der Waals surface area (Å²) in [6, 6.07) is 12.1. The molecule has 2 aromatic rings. The maximum atomic E-state index is 12.9. The van der Waals surface area contributed by atoms with Crippen molar-refractivity contribution in [1.29, 1.82) is 0 Å². The summed E-state index contributed by atoms with van der Waals surface area (Å²) in [7, 11) is 0. The molecule has 1 aromatic heterocycles. The Morgan fingerprint density at radius 3 is 2.19 bits per heavy atom. The lowest BCUT2D eigenvalue weighted by Crippen LogP contribution is -2.44. The van der Waals surface area contributed by atoms with Crippen LogP contribution in [0.2, 0.25) is 0 Å². The number of rotatable bonds is 10. The van der Waals surface area contributed by atoms with Gasteiger partial charge in [-0.05, 0) is 62.9 Å². The first-order valence-electron chi connectivity index (χ1n) is 10.1. The SMILES string of the molecule is CCCc1ccc(OCc2ccc(C(=O)N(C(C)CC)C(C)CC)o2)cc1. The van der Waals surface area contributed by atoms with Crippen LogP contribution in [0.25, 0.3) is 0 Å². The van der Waals surface area contributed by atoms with Crippen molar-refractivity contribution in [2.24, 2.45) is 0 Å². The van der Waals surface area contributed by atoms with Crippen molar-refractivity contribution in [3.8, 4) is 5.75 Å². The Hall–Kier alpha value is -2.23. The zero-order valence-electron chi connectivity index (χ0n) is 17.3. The summed E-state index contributed by atoms with van der Waals surface area (Å²) in [4.78, 5) is 14.9. The molecule has 2 rings (SSSR count). The summed E-state index contributed by atoms with van der Waals surface area (Å²) in [5.41, 5.74) is 1.31. The zero-order chi connectivity index (χ0) is 19.8. The third-order valence-corrected chi connectivity index (χ3v) is 5.08. The van der Waals surface area contributed by atoms with Gasteiger partial charge in [-0.15, -0.1) is 0 Å². The Morgan fingerprint density at radius 1 is 1.00 bits per heavy atom. The van der Waals surface area contributed by atoms with Crippen molar-refractivity contribution in [3.05, 3.63) is 53.5 Å². The predicted molar refractivity (Wildman–Crippen MR) is 109 cm³/mol. The zero-order valence-corrected chi connectivity index (χ0v) is 17.3. The fourth-order valence-corrected chi connectivity index (χ4v) is 3.12. The fourth-order valence-electron chi connectivity index (χ4n) is 3.12. The van der Waals surface area contributed by atoms with Crippen LogP contribution in [0.4, 0.5) is 0 Å². The van der Waals surface area contributed by atoms with E-state index >= 15 is 0 Å². The van der Waals surface area contributed by atoms with Crippen molar-refractivity contribution in [1.82, 2.24) is 4.90 Å². The van der Waals surface area contributed by atoms with E-state index in [9.17, 15) is 4.79 Å². The maximum absolute atomic E-state index is 12.9. The highest BCUT2D eigenvalue weighted by atomic mass is 16.5. The van der Waals surface area contributed by atoms with E-state index in [1.54, 1.807) is 6.07 Å². The van der Waals surface area contributed by atoms with E-state index in [1.165, 1.54) is 5.56 Å². The number of benzene rings is 1. The van der Waals surface area contributed by atoms with Gasteiger partial charge in [-0.1, -0.05) is 39.3 Å². The average molecular weight is 372 g/mol. The minimum Gasteiger partial charge on any atom is -0.486 e. The minimum atomic E-state index is -0.0473. The van der Waals surface area contributed by atoms with Gasteiger partial charge in [0.05, 0.1) is 0 Å². The van der Waals surface area contributed by atoms with E-state index in [0.717, 1.165) is 31.4 Å². The van der Waals surface area contributed by atoms with E-state index < -0.39 is 0 Å². The van der Waals surface area contributed by atoms with Crippen LogP contribution in [-0.4, -0.2) is 22.9 Å². The monoisotopic (exact) mass is 371 g/mol. The van der Waals surface area contributed by atoms with Crippen LogP contribution in [0.5, 0.6) is 5.75 Å². The molecule has 0 N–H and O–H groups in total. The topological polar surface area (TPSA) is 42.7 Å². The minimum absolute atomic E-state index is 0.0473. The summed E-state index contributed by atoms with van der Waals surface area (Å²) < 4.78 is 11.6. The Morgan fingerprint density at radius 2 is 1.63 bits per heavy atom. The highest BCUT2D eigenvalue weighted by Crippen LogP contribution is 2.20. The molecule has 0 fully saturated rings. The second-order valence-corrected chi connectivity index (χ2v) is 7.18. The summed E-state index contributed by atoms with van der Waals surface area (Å²) >= 11 is 0. The van der Waals surface area contributed by atoms with Gasteiger partial charge >= 0.3 is 0 Å². The molecule has 1 heterocycles. The Balaban J connectivity index is 2.01. The highest BCUT2D eigenvalue weighted by Gasteiger charge is 2.26. The quantitative estimate of drug-likeness (QED) is 0.526. The molecule has 0 aliphatic carbocycles. The third kappa shape index (κ3) is 5.62. The molecule has 0 radical (unpaired) electrons. The molecular weight excluding hydrogens is 338 g/mol. The van der Waals surface area contributed by atoms with Gasteiger partial charge in [-0.3, -0.25) is 4.79 Å². The van der Waals surface area contributed by atoms with Gasteiger partial charge in [0.2, 0.25) is 0 Å². The molecule has 148 valence electrons. The van der Waals surface area contributed by atoms with Crippen molar-refractivity contribution in [2.45, 2.75) is 79.0 Å². The number of amides is 1. The van der Waals surface area contributed by atoms with Gasteiger partial charge < -0.3 is 14.1 Å². The Bertz CT molecular complexity index is 695. The first kappa shape index (κ1) is 21.1. The average Bonchev–Trinajstić information content (AvgIpc) is 3.16. The molecule has 0 spiro atoms. The van der Waals surface area contributed by atoms with Crippen LogP contribution in [-0.2, 0) is 13.0 Å². The Labute approximate surface area is 163 Å².